The molecule has 0 aliphatic carbocycles. The van der Waals surface area contributed by atoms with Crippen molar-refractivity contribution in [3.8, 4) is 5.75 Å². The minimum absolute atomic E-state index is 0.143. The maximum Gasteiger partial charge on any atom is 0.265 e. The normalized spacial score (nSPS) is 10.5. The number of benzene rings is 3. The van der Waals surface area contributed by atoms with Gasteiger partial charge in [0.25, 0.3) is 11.8 Å². The Bertz CT molecular complexity index is 1360. The summed E-state index contributed by atoms with van der Waals surface area (Å²) >= 11 is 10.2. The van der Waals surface area contributed by atoms with Gasteiger partial charge < -0.3 is 15.4 Å². The molecule has 0 aliphatic rings. The fourth-order valence-corrected chi connectivity index (χ4v) is 4.59. The first-order chi connectivity index (χ1) is 16.0. The van der Waals surface area contributed by atoms with Crippen molar-refractivity contribution in [2.24, 2.45) is 0 Å². The number of thiocarbonyl (C=S) groups is 1. The van der Waals surface area contributed by atoms with Crippen LogP contribution in [0.4, 0.5) is 11.4 Å². The summed E-state index contributed by atoms with van der Waals surface area (Å²) < 4.78 is 6.32. The lowest BCUT2D eigenvalue weighted by Gasteiger charge is -2.14. The lowest BCUT2D eigenvalue weighted by atomic mass is 10.0. The number of ether oxygens (including phenoxy) is 1. The third kappa shape index (κ3) is 5.22. The minimum Gasteiger partial charge on any atom is -0.494 e. The predicted octanol–water partition coefficient (Wildman–Crippen LogP) is 6.05. The van der Waals surface area contributed by atoms with E-state index in [1.165, 1.54) is 18.4 Å². The molecule has 0 saturated carbocycles. The van der Waals surface area contributed by atoms with Crippen molar-refractivity contribution in [3.05, 3.63) is 87.0 Å². The van der Waals surface area contributed by atoms with Gasteiger partial charge in [-0.2, -0.15) is 0 Å². The van der Waals surface area contributed by atoms with E-state index in [0.29, 0.717) is 27.6 Å². The second-order valence-electron chi connectivity index (χ2n) is 6.90. The summed E-state index contributed by atoms with van der Waals surface area (Å²) in [7, 11) is 1.51. The zero-order valence-electron chi connectivity index (χ0n) is 17.3. The van der Waals surface area contributed by atoms with E-state index in [1.807, 2.05) is 41.8 Å². The molecule has 6 nitrogen and oxygen atoms in total. The third-order valence-electron chi connectivity index (χ3n) is 4.79. The Morgan fingerprint density at radius 1 is 0.939 bits per heavy atom. The summed E-state index contributed by atoms with van der Waals surface area (Å²) in [5, 5.41) is 12.3. The fraction of sp³-hybridized carbons (Fsp3) is 0.0417. The summed E-state index contributed by atoms with van der Waals surface area (Å²) in [6.07, 6.45) is 0. The lowest BCUT2D eigenvalue weighted by Crippen LogP contribution is -2.34. The van der Waals surface area contributed by atoms with Crippen LogP contribution in [0, 0.1) is 0 Å². The molecule has 33 heavy (non-hydrogen) atoms. The SMILES string of the molecule is COc1cc(NC(=S)NC(=O)c2cccc3c(Br)cccc23)ccc1NC(=O)c1cccs1. The Morgan fingerprint density at radius 3 is 2.48 bits per heavy atom. The molecule has 166 valence electrons. The number of halogens is 1. The van der Waals surface area contributed by atoms with E-state index in [9.17, 15) is 9.59 Å². The molecule has 0 atom stereocenters. The zero-order chi connectivity index (χ0) is 23.4. The standard InChI is InChI=1S/C24H18BrN3O3S2/c1-31-20-13-14(10-11-19(20)27-23(30)21-9-4-12-33-21)26-24(32)28-22(29)17-7-2-6-16-15(17)5-3-8-18(16)25/h2-13H,1H3,(H,27,30)(H2,26,28,29,32). The van der Waals surface area contributed by atoms with Crippen LogP contribution in [-0.4, -0.2) is 24.0 Å². The third-order valence-corrected chi connectivity index (χ3v) is 6.56. The summed E-state index contributed by atoms with van der Waals surface area (Å²) in [6.45, 7) is 0. The summed E-state index contributed by atoms with van der Waals surface area (Å²) in [5.41, 5.74) is 1.65. The van der Waals surface area contributed by atoms with Gasteiger partial charge in [-0.3, -0.25) is 14.9 Å². The number of thiophene rings is 1. The summed E-state index contributed by atoms with van der Waals surface area (Å²) in [4.78, 5) is 25.8. The summed E-state index contributed by atoms with van der Waals surface area (Å²) in [6, 6.07) is 19.9. The highest BCUT2D eigenvalue weighted by Crippen LogP contribution is 2.29. The van der Waals surface area contributed by atoms with Gasteiger partial charge in [-0.05, 0) is 58.7 Å². The molecular weight excluding hydrogens is 522 g/mol. The topological polar surface area (TPSA) is 79.5 Å². The molecular formula is C24H18BrN3O3S2. The van der Waals surface area contributed by atoms with Gasteiger partial charge in [0, 0.05) is 21.8 Å². The molecule has 0 spiro atoms. The van der Waals surface area contributed by atoms with Gasteiger partial charge in [0.1, 0.15) is 5.75 Å². The Labute approximate surface area is 208 Å². The number of carbonyl (C=O) groups is 2. The van der Waals surface area contributed by atoms with Gasteiger partial charge in [0.15, 0.2) is 5.11 Å². The minimum atomic E-state index is -0.317. The highest BCUT2D eigenvalue weighted by atomic mass is 79.9. The second kappa shape index (κ2) is 10.1. The molecule has 0 bridgehead atoms. The molecule has 3 N–H and O–H groups in total. The van der Waals surface area contributed by atoms with E-state index >= 15 is 0 Å². The van der Waals surface area contributed by atoms with Gasteiger partial charge in [-0.25, -0.2) is 0 Å². The average Bonchev–Trinajstić information content (AvgIpc) is 3.35. The van der Waals surface area contributed by atoms with Crippen LogP contribution in [0.5, 0.6) is 5.75 Å². The number of amides is 2. The monoisotopic (exact) mass is 539 g/mol. The molecule has 0 unspecified atom stereocenters. The molecule has 0 saturated heterocycles. The van der Waals surface area contributed by atoms with Crippen LogP contribution < -0.4 is 20.7 Å². The van der Waals surface area contributed by atoms with Crippen LogP contribution in [0.15, 0.2) is 76.6 Å². The molecule has 4 rings (SSSR count). The molecule has 3 aromatic carbocycles. The first-order valence-corrected chi connectivity index (χ1v) is 11.9. The van der Waals surface area contributed by atoms with Crippen molar-refractivity contribution < 1.29 is 14.3 Å². The van der Waals surface area contributed by atoms with Crippen LogP contribution in [0.3, 0.4) is 0 Å². The van der Waals surface area contributed by atoms with E-state index in [0.717, 1.165) is 15.2 Å². The number of methoxy groups -OCH3 is 1. The highest BCUT2D eigenvalue weighted by Gasteiger charge is 2.14. The maximum absolute atomic E-state index is 12.9. The Hall–Kier alpha value is -3.27. The van der Waals surface area contributed by atoms with Crippen molar-refractivity contribution >= 4 is 78.6 Å². The van der Waals surface area contributed by atoms with Gasteiger partial charge in [-0.15, -0.1) is 11.3 Å². The molecule has 4 aromatic rings. The number of anilines is 2. The number of hydrogen-bond acceptors (Lipinski definition) is 5. The average molecular weight is 540 g/mol. The smallest absolute Gasteiger partial charge is 0.265 e. The highest BCUT2D eigenvalue weighted by molar-refractivity contribution is 9.10. The number of hydrogen-bond donors (Lipinski definition) is 3. The van der Waals surface area contributed by atoms with Gasteiger partial charge in [-0.1, -0.05) is 46.3 Å². The molecule has 2 amide bonds. The molecule has 0 fully saturated rings. The largest absolute Gasteiger partial charge is 0.494 e. The Kier molecular flexibility index (Phi) is 7.02. The van der Waals surface area contributed by atoms with E-state index < -0.39 is 0 Å². The summed E-state index contributed by atoms with van der Waals surface area (Å²) in [5.74, 6) is -0.0746. The second-order valence-corrected chi connectivity index (χ2v) is 9.11. The van der Waals surface area contributed by atoms with Gasteiger partial charge in [0.2, 0.25) is 0 Å². The van der Waals surface area contributed by atoms with Crippen molar-refractivity contribution in [1.29, 1.82) is 0 Å². The van der Waals surface area contributed by atoms with E-state index in [1.54, 1.807) is 30.3 Å². The van der Waals surface area contributed by atoms with Gasteiger partial charge in [0.05, 0.1) is 17.7 Å². The van der Waals surface area contributed by atoms with E-state index in [4.69, 9.17) is 17.0 Å². The molecule has 1 heterocycles. The zero-order valence-corrected chi connectivity index (χ0v) is 20.6. The maximum atomic E-state index is 12.9. The quantitative estimate of drug-likeness (QED) is 0.269. The molecule has 9 heteroatoms. The number of carbonyl (C=O) groups excluding carboxylic acids is 2. The fourth-order valence-electron chi connectivity index (χ4n) is 3.27. The van der Waals surface area contributed by atoms with Crippen LogP contribution in [0.25, 0.3) is 10.8 Å². The van der Waals surface area contributed by atoms with Crippen molar-refractivity contribution in [2.75, 3.05) is 17.7 Å². The first-order valence-electron chi connectivity index (χ1n) is 9.78. The first kappa shape index (κ1) is 22.9. The molecule has 0 radical (unpaired) electrons. The van der Waals surface area contributed by atoms with Crippen LogP contribution in [0.1, 0.15) is 20.0 Å². The van der Waals surface area contributed by atoms with Gasteiger partial charge >= 0.3 is 0 Å². The Balaban J connectivity index is 1.46. The van der Waals surface area contributed by atoms with E-state index in [-0.39, 0.29) is 16.9 Å². The van der Waals surface area contributed by atoms with Crippen molar-refractivity contribution in [3.63, 3.8) is 0 Å². The van der Waals surface area contributed by atoms with Crippen molar-refractivity contribution in [2.45, 2.75) is 0 Å². The van der Waals surface area contributed by atoms with Crippen molar-refractivity contribution in [1.82, 2.24) is 5.32 Å². The van der Waals surface area contributed by atoms with Crippen LogP contribution >= 0.6 is 39.5 Å². The molecule has 1 aromatic heterocycles. The van der Waals surface area contributed by atoms with Crippen LogP contribution in [0.2, 0.25) is 0 Å². The number of rotatable bonds is 5. The predicted molar refractivity (Wildman–Crippen MR) is 141 cm³/mol. The number of fused-ring (bicyclic) bond motifs is 1. The lowest BCUT2D eigenvalue weighted by molar-refractivity contribution is 0.0978. The van der Waals surface area contributed by atoms with Crippen LogP contribution in [-0.2, 0) is 0 Å². The number of nitrogens with one attached hydrogen (secondary N) is 3. The Morgan fingerprint density at radius 2 is 1.73 bits per heavy atom. The molecule has 0 aliphatic heterocycles. The van der Waals surface area contributed by atoms with E-state index in [2.05, 4.69) is 31.9 Å².